The van der Waals surface area contributed by atoms with E-state index >= 15 is 0 Å². The molecule has 2 saturated carbocycles. The van der Waals surface area contributed by atoms with Crippen LogP contribution in [0.1, 0.15) is 74.0 Å². The van der Waals surface area contributed by atoms with Crippen molar-refractivity contribution >= 4 is 11.8 Å². The predicted octanol–water partition coefficient (Wildman–Crippen LogP) is 5.09. The molecule has 0 atom stereocenters. The van der Waals surface area contributed by atoms with Crippen LogP contribution >= 0.6 is 0 Å². The first kappa shape index (κ1) is 23.3. The molecule has 2 aromatic rings. The third-order valence-corrected chi connectivity index (χ3v) is 6.94. The molecule has 0 spiro atoms. The number of carbonyl (C=O) groups is 2. The molecule has 178 valence electrons. The molecule has 0 bridgehead atoms. The summed E-state index contributed by atoms with van der Waals surface area (Å²) in [6, 6.07) is 4.53. The average molecular weight is 464 g/mol. The lowest BCUT2D eigenvalue weighted by Gasteiger charge is -2.19. The Morgan fingerprint density at radius 3 is 2.33 bits per heavy atom. The van der Waals surface area contributed by atoms with Gasteiger partial charge in [0.05, 0.1) is 16.5 Å². The number of amides is 2. The van der Waals surface area contributed by atoms with Crippen molar-refractivity contribution in [2.24, 2.45) is 11.3 Å². The van der Waals surface area contributed by atoms with Gasteiger partial charge in [0.1, 0.15) is 0 Å². The van der Waals surface area contributed by atoms with E-state index in [1.165, 1.54) is 12.1 Å². The highest BCUT2D eigenvalue weighted by molar-refractivity contribution is 5.95. The van der Waals surface area contributed by atoms with Gasteiger partial charge in [-0.2, -0.15) is 13.2 Å². The quantitative estimate of drug-likeness (QED) is 0.599. The molecule has 2 amide bonds. The lowest BCUT2D eigenvalue weighted by molar-refractivity contribution is -0.137. The van der Waals surface area contributed by atoms with Crippen molar-refractivity contribution in [1.29, 1.82) is 0 Å². The zero-order valence-electron chi connectivity index (χ0n) is 18.7. The van der Waals surface area contributed by atoms with Gasteiger partial charge in [0.15, 0.2) is 11.5 Å². The summed E-state index contributed by atoms with van der Waals surface area (Å²) in [5.41, 5.74) is -0.431. The van der Waals surface area contributed by atoms with Gasteiger partial charge in [-0.15, -0.1) is 0 Å². The molecular weight excluding hydrogens is 435 g/mol. The second kappa shape index (κ2) is 8.83. The van der Waals surface area contributed by atoms with Crippen molar-refractivity contribution in [3.8, 4) is 11.3 Å². The Morgan fingerprint density at radius 1 is 1.15 bits per heavy atom. The zero-order chi connectivity index (χ0) is 23.8. The molecule has 1 aromatic heterocycles. The summed E-state index contributed by atoms with van der Waals surface area (Å²) >= 11 is 0. The number of nitrogens with zero attached hydrogens (tertiary/aromatic N) is 1. The number of alkyl halides is 3. The largest absolute Gasteiger partial charge is 0.416 e. The van der Waals surface area contributed by atoms with Crippen molar-refractivity contribution in [3.63, 3.8) is 0 Å². The van der Waals surface area contributed by atoms with Crippen molar-refractivity contribution in [1.82, 2.24) is 15.8 Å². The third kappa shape index (κ3) is 4.77. The highest BCUT2D eigenvalue weighted by Crippen LogP contribution is 2.52. The lowest BCUT2D eigenvalue weighted by atomic mass is 9.91. The molecule has 1 aromatic carbocycles. The summed E-state index contributed by atoms with van der Waals surface area (Å²) in [6.07, 6.45) is 1.01. The number of carbonyl (C=O) groups excluding carboxylic acids is 2. The van der Waals surface area contributed by atoms with Crippen molar-refractivity contribution in [2.45, 2.75) is 71.1 Å². The average Bonchev–Trinajstić information content (AvgIpc) is 3.23. The van der Waals surface area contributed by atoms with Crippen molar-refractivity contribution < 1.29 is 27.3 Å². The molecule has 4 rings (SSSR count). The molecule has 0 aliphatic heterocycles. The van der Waals surface area contributed by atoms with Crippen LogP contribution in [0.4, 0.5) is 13.2 Å². The van der Waals surface area contributed by atoms with E-state index in [4.69, 9.17) is 4.52 Å². The molecule has 0 unspecified atom stereocenters. The Balaban J connectivity index is 1.61. The lowest BCUT2D eigenvalue weighted by Crippen LogP contribution is -2.36. The molecule has 6 nitrogen and oxygen atoms in total. The van der Waals surface area contributed by atoms with Crippen LogP contribution in [0.3, 0.4) is 0 Å². The number of aromatic nitrogens is 1. The van der Waals surface area contributed by atoms with Crippen LogP contribution in [0.5, 0.6) is 0 Å². The fourth-order valence-electron chi connectivity index (χ4n) is 4.56. The number of rotatable bonds is 7. The van der Waals surface area contributed by atoms with Gasteiger partial charge in [0.25, 0.3) is 5.91 Å². The van der Waals surface area contributed by atoms with E-state index in [0.29, 0.717) is 11.1 Å². The van der Waals surface area contributed by atoms with E-state index in [2.05, 4.69) is 15.8 Å². The molecule has 2 aliphatic rings. The van der Waals surface area contributed by atoms with Gasteiger partial charge in [0, 0.05) is 18.2 Å². The Hall–Kier alpha value is -2.84. The normalized spacial score (nSPS) is 17.9. The maximum atomic E-state index is 13.0. The van der Waals surface area contributed by atoms with Gasteiger partial charge >= 0.3 is 6.18 Å². The summed E-state index contributed by atoms with van der Waals surface area (Å²) < 4.78 is 44.3. The number of nitrogens with one attached hydrogen (secondary N) is 2. The minimum Gasteiger partial charge on any atom is -0.355 e. The summed E-state index contributed by atoms with van der Waals surface area (Å²) in [5.74, 6) is -0.147. The number of hydrogen-bond donors (Lipinski definition) is 2. The smallest absolute Gasteiger partial charge is 0.355 e. The van der Waals surface area contributed by atoms with Crippen molar-refractivity contribution in [3.05, 3.63) is 41.1 Å². The summed E-state index contributed by atoms with van der Waals surface area (Å²) in [5, 5.41) is 9.80. The van der Waals surface area contributed by atoms with Gasteiger partial charge in [-0.05, 0) is 43.7 Å². The first-order valence-electron chi connectivity index (χ1n) is 11.4. The number of halogens is 3. The first-order valence-corrected chi connectivity index (χ1v) is 11.4. The van der Waals surface area contributed by atoms with Crippen LogP contribution in [-0.2, 0) is 17.5 Å². The van der Waals surface area contributed by atoms with E-state index < -0.39 is 23.1 Å². The Morgan fingerprint density at radius 2 is 1.79 bits per heavy atom. The van der Waals surface area contributed by atoms with Gasteiger partial charge in [-0.3, -0.25) is 9.59 Å². The highest BCUT2D eigenvalue weighted by Gasteiger charge is 2.52. The number of hydrogen-bond acceptors (Lipinski definition) is 4. The molecular formula is C24H28F3N3O3. The van der Waals surface area contributed by atoms with Crippen LogP contribution in [-0.4, -0.2) is 23.0 Å². The summed E-state index contributed by atoms with van der Waals surface area (Å²) in [7, 11) is 0. The third-order valence-electron chi connectivity index (χ3n) is 6.94. The van der Waals surface area contributed by atoms with Gasteiger partial charge in [-0.25, -0.2) is 0 Å². The summed E-state index contributed by atoms with van der Waals surface area (Å²) in [6.45, 7) is 4.00. The molecule has 0 saturated heterocycles. The minimum atomic E-state index is -4.46. The van der Waals surface area contributed by atoms with Crippen LogP contribution in [0.2, 0.25) is 0 Å². The fourth-order valence-corrected chi connectivity index (χ4v) is 4.56. The standard InChI is InChI=1S/C24H28F3N3O3/c1-14(2)23(11-12-23)22(32)28-13-18-19(21(31)29-17-5-3-4-6-17)30-33-20(18)15-7-9-16(10-8-15)24(25,26)27/h7-10,14,17H,3-6,11-13H2,1-2H3,(H,28,32)(H,29,31). The van der Waals surface area contributed by atoms with Crippen LogP contribution in [0.15, 0.2) is 28.8 Å². The van der Waals surface area contributed by atoms with Crippen molar-refractivity contribution in [2.75, 3.05) is 0 Å². The summed E-state index contributed by atoms with van der Waals surface area (Å²) in [4.78, 5) is 25.8. The molecule has 2 N–H and O–H groups in total. The Kier molecular flexibility index (Phi) is 6.24. The Bertz CT molecular complexity index is 1020. The molecule has 1 heterocycles. The molecule has 2 aliphatic carbocycles. The van der Waals surface area contributed by atoms with Gasteiger partial charge < -0.3 is 15.2 Å². The second-order valence-electron chi connectivity index (χ2n) is 9.36. The molecule has 2 fully saturated rings. The van der Waals surface area contributed by atoms with Gasteiger partial charge in [0.2, 0.25) is 5.91 Å². The monoisotopic (exact) mass is 463 g/mol. The molecule has 33 heavy (non-hydrogen) atoms. The minimum absolute atomic E-state index is 0.000574. The van der Waals surface area contributed by atoms with E-state index in [1.807, 2.05) is 13.8 Å². The maximum absolute atomic E-state index is 13.0. The van der Waals surface area contributed by atoms with E-state index in [1.54, 1.807) is 0 Å². The Labute approximate surface area is 190 Å². The predicted molar refractivity (Wildman–Crippen MR) is 115 cm³/mol. The van der Waals surface area contributed by atoms with E-state index in [-0.39, 0.29) is 35.9 Å². The van der Waals surface area contributed by atoms with Gasteiger partial charge in [-0.1, -0.05) is 44.0 Å². The SMILES string of the molecule is CC(C)C1(C(=O)NCc2c(C(=O)NC3CCCC3)noc2-c2ccc(C(F)(F)F)cc2)CC1. The van der Waals surface area contributed by atoms with Crippen LogP contribution in [0.25, 0.3) is 11.3 Å². The van der Waals surface area contributed by atoms with E-state index in [0.717, 1.165) is 50.7 Å². The van der Waals surface area contributed by atoms with Crippen LogP contribution < -0.4 is 10.6 Å². The molecule has 9 heteroatoms. The topological polar surface area (TPSA) is 84.2 Å². The van der Waals surface area contributed by atoms with Crippen LogP contribution in [0, 0.1) is 11.3 Å². The van der Waals surface area contributed by atoms with E-state index in [9.17, 15) is 22.8 Å². The zero-order valence-corrected chi connectivity index (χ0v) is 18.7. The first-order chi connectivity index (χ1) is 15.6. The highest BCUT2D eigenvalue weighted by atomic mass is 19.4. The second-order valence-corrected chi connectivity index (χ2v) is 9.36. The fraction of sp³-hybridized carbons (Fsp3) is 0.542. The maximum Gasteiger partial charge on any atom is 0.416 e. The number of benzene rings is 1. The molecule has 0 radical (unpaired) electrons.